The molecule has 0 unspecified atom stereocenters. The van der Waals surface area contributed by atoms with Crippen molar-refractivity contribution in [1.82, 2.24) is 34.9 Å². The Kier molecular flexibility index (Phi) is 11.6. The Hall–Kier alpha value is -7.57. The molecular formula is C39H32N9O5+. The minimum atomic E-state index is -1.12. The van der Waals surface area contributed by atoms with Crippen LogP contribution in [-0.4, -0.2) is 57.4 Å². The molecular weight excluding hydrogens is 674 g/mol. The molecule has 0 spiro atoms. The van der Waals surface area contributed by atoms with Gasteiger partial charge in [-0.3, -0.25) is 19.1 Å². The molecule has 262 valence electrons. The zero-order valence-corrected chi connectivity index (χ0v) is 28.1. The number of aliphatic imine (C=N–C) groups is 1. The largest absolute Gasteiger partial charge is 0.476 e. The van der Waals surface area contributed by atoms with Crippen LogP contribution in [0.3, 0.4) is 0 Å². The number of aromatic nitrogens is 7. The number of allylic oxidation sites excluding steroid dienone is 3. The van der Waals surface area contributed by atoms with Crippen LogP contribution in [0, 0.1) is 6.08 Å². The van der Waals surface area contributed by atoms with Crippen LogP contribution in [0.5, 0.6) is 0 Å². The van der Waals surface area contributed by atoms with Crippen molar-refractivity contribution in [2.24, 2.45) is 4.99 Å². The Morgan fingerprint density at radius 1 is 0.755 bits per heavy atom. The van der Waals surface area contributed by atoms with Gasteiger partial charge in [0.05, 0.1) is 31.2 Å². The number of anilines is 1. The maximum Gasteiger partial charge on any atom is 0.358 e. The second-order valence-electron chi connectivity index (χ2n) is 11.4. The smallest absolute Gasteiger partial charge is 0.358 e. The maximum atomic E-state index is 12.4. The molecule has 53 heavy (non-hydrogen) atoms. The topological polar surface area (TPSA) is 193 Å². The molecule has 8 rings (SSSR count). The summed E-state index contributed by atoms with van der Waals surface area (Å²) in [6.07, 6.45) is 16.5. The van der Waals surface area contributed by atoms with E-state index >= 15 is 0 Å². The summed E-state index contributed by atoms with van der Waals surface area (Å²) < 4.78 is 13.7. The number of carbonyl (C=O) groups is 2. The van der Waals surface area contributed by atoms with E-state index in [0.717, 1.165) is 17.7 Å². The molecule has 3 N–H and O–H groups in total. The summed E-state index contributed by atoms with van der Waals surface area (Å²) in [6.45, 7) is 1.45. The molecule has 0 saturated heterocycles. The Bertz CT molecular complexity index is 2340. The molecule has 0 radical (unpaired) electrons. The van der Waals surface area contributed by atoms with Gasteiger partial charge in [-0.2, -0.15) is 10.2 Å². The third-order valence-corrected chi connectivity index (χ3v) is 7.39. The van der Waals surface area contributed by atoms with Crippen molar-refractivity contribution in [3.63, 3.8) is 0 Å². The lowest BCUT2D eigenvalue weighted by molar-refractivity contribution is 0.0685. The fourth-order valence-corrected chi connectivity index (χ4v) is 4.87. The van der Waals surface area contributed by atoms with E-state index in [2.05, 4.69) is 48.7 Å². The first-order valence-corrected chi connectivity index (χ1v) is 16.2. The number of hydrogen-bond donors (Lipinski definition) is 2. The number of nitrogens with zero attached hydrogens (tertiary/aromatic N) is 8. The van der Waals surface area contributed by atoms with Crippen molar-refractivity contribution in [2.45, 2.75) is 19.5 Å². The van der Waals surface area contributed by atoms with Crippen molar-refractivity contribution >= 4 is 23.2 Å². The molecule has 0 amide bonds. The van der Waals surface area contributed by atoms with Gasteiger partial charge in [-0.15, -0.1) is 0 Å². The summed E-state index contributed by atoms with van der Waals surface area (Å²) in [7, 11) is 0. The molecule has 0 bridgehead atoms. The number of rotatable bonds is 10. The maximum absolute atomic E-state index is 12.4. The highest BCUT2D eigenvalue weighted by Crippen LogP contribution is 2.18. The predicted molar refractivity (Wildman–Crippen MR) is 195 cm³/mol. The molecule has 0 aliphatic carbocycles. The highest BCUT2D eigenvalue weighted by atomic mass is 16.5. The normalized spacial score (nSPS) is 11.4. The molecule has 2 aromatic carbocycles. The van der Waals surface area contributed by atoms with Gasteiger partial charge in [-0.25, -0.2) is 9.79 Å². The molecule has 0 atom stereocenters. The van der Waals surface area contributed by atoms with Crippen LogP contribution >= 0.6 is 0 Å². The lowest BCUT2D eigenvalue weighted by atomic mass is 10.1. The number of hydrogen-bond acceptors (Lipinski definition) is 11. The number of pyridine rings is 1. The molecule has 1 aliphatic heterocycles. The van der Waals surface area contributed by atoms with Gasteiger partial charge in [0.15, 0.2) is 40.9 Å². The average Bonchev–Trinajstić information content (AvgIpc) is 4.03. The standard InChI is InChI=1S/C20H16N4O2.C10H11N3.C9H4N2O3/c25-19(18-11-20(26-23-18)17-8-4-5-9-21-17)10-16-12-22-24(14-16)13-15-6-2-1-3-7-15;11-10-6-12-13(8-10)7-9-4-2-1-3-5-9;12-9(13)7-5-8(14-11-7)6-3-1-2-4-10-6/h1-9,11-12,14H,10,13H2;1-6,8H,7,11H2;1,3-5H/p+1. The Morgan fingerprint density at radius 2 is 1.40 bits per heavy atom. The summed E-state index contributed by atoms with van der Waals surface area (Å²) in [5.41, 5.74) is 10.8. The Balaban J connectivity index is 0.000000150. The highest BCUT2D eigenvalue weighted by Gasteiger charge is 2.17. The van der Waals surface area contributed by atoms with E-state index in [1.165, 1.54) is 17.8 Å². The van der Waals surface area contributed by atoms with E-state index < -0.39 is 5.97 Å². The first kappa shape index (κ1) is 35.3. The van der Waals surface area contributed by atoms with Gasteiger partial charge in [0, 0.05) is 37.1 Å². The first-order valence-electron chi connectivity index (χ1n) is 16.2. The zero-order chi connectivity index (χ0) is 36.8. The van der Waals surface area contributed by atoms with Crippen molar-refractivity contribution < 1.29 is 23.7 Å². The van der Waals surface area contributed by atoms with Gasteiger partial charge in [0.2, 0.25) is 5.76 Å². The first-order chi connectivity index (χ1) is 25.9. The summed E-state index contributed by atoms with van der Waals surface area (Å²) in [6, 6.07) is 28.6. The van der Waals surface area contributed by atoms with Crippen LogP contribution in [0.1, 0.15) is 43.4 Å². The van der Waals surface area contributed by atoms with Crippen molar-refractivity contribution in [3.8, 4) is 11.5 Å². The van der Waals surface area contributed by atoms with Gasteiger partial charge in [-0.1, -0.05) is 77.0 Å². The lowest BCUT2D eigenvalue weighted by Gasteiger charge is -2.00. The van der Waals surface area contributed by atoms with Crippen molar-refractivity contribution in [3.05, 3.63) is 180 Å². The predicted octanol–water partition coefficient (Wildman–Crippen LogP) is 5.97. The minimum absolute atomic E-state index is 0.116. The van der Waals surface area contributed by atoms with Gasteiger partial charge < -0.3 is 19.9 Å². The number of ketones is 1. The number of carboxylic acid groups (broad SMARTS) is 1. The number of nitrogens with two attached hydrogens (primary N) is 1. The van der Waals surface area contributed by atoms with Crippen LogP contribution in [-0.2, 0) is 19.5 Å². The van der Waals surface area contributed by atoms with Gasteiger partial charge in [0.25, 0.3) is 0 Å². The Labute approximate surface area is 303 Å². The third-order valence-electron chi connectivity index (χ3n) is 7.39. The lowest BCUT2D eigenvalue weighted by Crippen LogP contribution is -2.03. The number of benzene rings is 2. The molecule has 6 heterocycles. The van der Waals surface area contributed by atoms with Gasteiger partial charge >= 0.3 is 5.97 Å². The molecule has 5 aromatic heterocycles. The second kappa shape index (κ2) is 17.4. The summed E-state index contributed by atoms with van der Waals surface area (Å²) in [5, 5.41) is 24.3. The van der Waals surface area contributed by atoms with Crippen LogP contribution in [0.25, 0.3) is 11.5 Å². The molecule has 0 saturated carbocycles. The van der Waals surface area contributed by atoms with E-state index in [9.17, 15) is 9.59 Å². The van der Waals surface area contributed by atoms with E-state index in [4.69, 9.17) is 19.9 Å². The quantitative estimate of drug-likeness (QED) is 0.126. The van der Waals surface area contributed by atoms with Crippen LogP contribution in [0.4, 0.5) is 5.69 Å². The van der Waals surface area contributed by atoms with Crippen LogP contribution in [0.2, 0.25) is 0 Å². The average molecular weight is 707 g/mol. The fourth-order valence-electron chi connectivity index (χ4n) is 4.87. The molecule has 0 fully saturated rings. The SMILES string of the molecule is Nc1cnn(Cc2ccccc2)c1.O=C(Cc1cnn(Cc2ccccc2)c1)c1cc(-c2ccccn2)on1.O=C(O)c1cc(C2=NC=[C+]C=C2)on1. The van der Waals surface area contributed by atoms with Crippen LogP contribution < -0.4 is 5.73 Å². The number of nitrogen functional groups attached to an aromatic ring is 1. The summed E-state index contributed by atoms with van der Waals surface area (Å²) in [5.74, 6) is -0.428. The van der Waals surface area contributed by atoms with Gasteiger partial charge in [0.1, 0.15) is 17.8 Å². The van der Waals surface area contributed by atoms with Crippen molar-refractivity contribution in [1.29, 1.82) is 0 Å². The highest BCUT2D eigenvalue weighted by molar-refractivity contribution is 6.08. The van der Waals surface area contributed by atoms with E-state index in [0.29, 0.717) is 40.9 Å². The molecule has 14 heteroatoms. The summed E-state index contributed by atoms with van der Waals surface area (Å²) >= 11 is 0. The van der Waals surface area contributed by atoms with Crippen molar-refractivity contribution in [2.75, 3.05) is 5.73 Å². The minimum Gasteiger partial charge on any atom is -0.476 e. The number of carboxylic acids is 1. The van der Waals surface area contributed by atoms with Crippen LogP contribution in [0.15, 0.2) is 154 Å². The number of Topliss-reactive ketones (excluding diaryl/α,β-unsaturated/α-hetero) is 1. The Morgan fingerprint density at radius 3 is 2.00 bits per heavy atom. The second-order valence-corrected chi connectivity index (χ2v) is 11.4. The molecule has 1 aliphatic rings. The zero-order valence-electron chi connectivity index (χ0n) is 28.1. The fraction of sp³-hybridized carbons (Fsp3) is 0.0769. The monoisotopic (exact) mass is 706 g/mol. The molecule has 7 aromatic rings. The van der Waals surface area contributed by atoms with E-state index in [1.807, 2.05) is 88.5 Å². The van der Waals surface area contributed by atoms with E-state index in [-0.39, 0.29) is 17.9 Å². The number of carbonyl (C=O) groups excluding carboxylic acids is 1. The number of aromatic carboxylic acids is 1. The van der Waals surface area contributed by atoms with Gasteiger partial charge in [-0.05, 0) is 28.8 Å². The summed E-state index contributed by atoms with van der Waals surface area (Å²) in [4.78, 5) is 31.1. The van der Waals surface area contributed by atoms with E-state index in [1.54, 1.807) is 36.8 Å². The molecule has 14 nitrogen and oxygen atoms in total. The third kappa shape index (κ3) is 10.2.